The molecule has 0 aliphatic rings. The summed E-state index contributed by atoms with van der Waals surface area (Å²) < 4.78 is 33.1. The van der Waals surface area contributed by atoms with Crippen molar-refractivity contribution in [1.29, 1.82) is 0 Å². The highest BCUT2D eigenvalue weighted by molar-refractivity contribution is 7.89. The van der Waals surface area contributed by atoms with Crippen LogP contribution in [-0.4, -0.2) is 14.3 Å². The molecule has 0 spiro atoms. The van der Waals surface area contributed by atoms with Gasteiger partial charge in [-0.1, -0.05) is 60.1 Å². The second-order valence-corrected chi connectivity index (χ2v) is 12.5. The third-order valence-corrected chi connectivity index (χ3v) is 9.15. The van der Waals surface area contributed by atoms with Crippen molar-refractivity contribution < 1.29 is 17.9 Å². The number of rotatable bonds is 9. The van der Waals surface area contributed by atoms with Crippen molar-refractivity contribution in [2.24, 2.45) is 0 Å². The third-order valence-electron chi connectivity index (χ3n) is 5.70. The van der Waals surface area contributed by atoms with Crippen LogP contribution < -0.4 is 9.46 Å². The molecule has 9 heteroatoms. The van der Waals surface area contributed by atoms with Crippen LogP contribution in [0.1, 0.15) is 20.8 Å². The zero-order valence-electron chi connectivity index (χ0n) is 20.0. The van der Waals surface area contributed by atoms with Crippen molar-refractivity contribution in [2.75, 3.05) is 0 Å². The Hall–Kier alpha value is -3.43. The van der Waals surface area contributed by atoms with Crippen molar-refractivity contribution in [3.63, 3.8) is 0 Å². The summed E-state index contributed by atoms with van der Waals surface area (Å²) in [5.41, 5.74) is 4.03. The SMILES string of the molecule is O=C(NS(=O)(=O)Cc1cccs1)c1ccc(-c2sccc2-c2cc(Cl)ccc2OCc2ccccc2)cc1. The van der Waals surface area contributed by atoms with Crippen LogP contribution in [0.3, 0.4) is 0 Å². The van der Waals surface area contributed by atoms with Gasteiger partial charge in [0, 0.05) is 31.5 Å². The van der Waals surface area contributed by atoms with E-state index < -0.39 is 15.9 Å². The lowest BCUT2D eigenvalue weighted by Gasteiger charge is -2.13. The molecule has 3 aromatic carbocycles. The number of hydrogen-bond donors (Lipinski definition) is 1. The van der Waals surface area contributed by atoms with E-state index in [1.165, 1.54) is 11.3 Å². The highest BCUT2D eigenvalue weighted by Crippen LogP contribution is 2.42. The van der Waals surface area contributed by atoms with Crippen LogP contribution in [0.15, 0.2) is 102 Å². The van der Waals surface area contributed by atoms with Crippen LogP contribution in [0, 0.1) is 0 Å². The minimum absolute atomic E-state index is 0.235. The van der Waals surface area contributed by atoms with Gasteiger partial charge in [0.15, 0.2) is 0 Å². The van der Waals surface area contributed by atoms with Crippen molar-refractivity contribution in [1.82, 2.24) is 4.72 Å². The van der Waals surface area contributed by atoms with Gasteiger partial charge in [0.2, 0.25) is 10.0 Å². The molecule has 2 aromatic heterocycles. The van der Waals surface area contributed by atoms with Gasteiger partial charge in [-0.05, 0) is 64.4 Å². The summed E-state index contributed by atoms with van der Waals surface area (Å²) in [6.45, 7) is 0.425. The summed E-state index contributed by atoms with van der Waals surface area (Å²) in [6.07, 6.45) is 0. The maximum Gasteiger partial charge on any atom is 0.264 e. The van der Waals surface area contributed by atoms with E-state index in [0.717, 1.165) is 27.1 Å². The van der Waals surface area contributed by atoms with Gasteiger partial charge in [-0.3, -0.25) is 4.79 Å². The molecule has 5 aromatic rings. The van der Waals surface area contributed by atoms with Gasteiger partial charge >= 0.3 is 0 Å². The Morgan fingerprint density at radius 3 is 2.37 bits per heavy atom. The maximum atomic E-state index is 12.6. The van der Waals surface area contributed by atoms with E-state index in [4.69, 9.17) is 16.3 Å². The summed E-state index contributed by atoms with van der Waals surface area (Å²) >= 11 is 9.25. The minimum Gasteiger partial charge on any atom is -0.488 e. The molecule has 5 nitrogen and oxygen atoms in total. The second-order valence-electron chi connectivity index (χ2n) is 8.43. The summed E-state index contributed by atoms with van der Waals surface area (Å²) in [7, 11) is -3.80. The fourth-order valence-corrected chi connectivity index (χ4v) is 7.17. The first-order valence-corrected chi connectivity index (χ1v) is 15.4. The van der Waals surface area contributed by atoms with Crippen molar-refractivity contribution in [3.05, 3.63) is 123 Å². The summed E-state index contributed by atoms with van der Waals surface area (Å²) in [4.78, 5) is 14.3. The largest absolute Gasteiger partial charge is 0.488 e. The van der Waals surface area contributed by atoms with Crippen molar-refractivity contribution >= 4 is 50.2 Å². The molecule has 1 amide bonds. The number of nitrogens with one attached hydrogen (secondary N) is 1. The Morgan fingerprint density at radius 1 is 0.842 bits per heavy atom. The number of carbonyl (C=O) groups excluding carboxylic acids is 1. The molecule has 0 unspecified atom stereocenters. The minimum atomic E-state index is -3.80. The molecule has 0 saturated heterocycles. The van der Waals surface area contributed by atoms with E-state index in [9.17, 15) is 13.2 Å². The summed E-state index contributed by atoms with van der Waals surface area (Å²) in [5, 5.41) is 4.39. The number of benzene rings is 3. The van der Waals surface area contributed by atoms with E-state index in [-0.39, 0.29) is 11.3 Å². The quantitative estimate of drug-likeness (QED) is 0.195. The van der Waals surface area contributed by atoms with Crippen LogP contribution in [0.4, 0.5) is 0 Å². The summed E-state index contributed by atoms with van der Waals surface area (Å²) in [5.74, 6) is -0.183. The number of halogens is 1. The molecular weight excluding hydrogens is 558 g/mol. The lowest BCUT2D eigenvalue weighted by molar-refractivity contribution is 0.0981. The first-order chi connectivity index (χ1) is 18.4. The van der Waals surface area contributed by atoms with E-state index >= 15 is 0 Å². The lowest BCUT2D eigenvalue weighted by Crippen LogP contribution is -2.31. The number of carbonyl (C=O) groups is 1. The van der Waals surface area contributed by atoms with Crippen LogP contribution in [0.25, 0.3) is 21.6 Å². The van der Waals surface area contributed by atoms with Crippen molar-refractivity contribution in [3.8, 4) is 27.3 Å². The average Bonchev–Trinajstić information content (AvgIpc) is 3.60. The topological polar surface area (TPSA) is 72.5 Å². The first kappa shape index (κ1) is 26.2. The molecule has 0 fully saturated rings. The predicted octanol–water partition coefficient (Wildman–Crippen LogP) is 7.64. The van der Waals surface area contributed by atoms with E-state index in [0.29, 0.717) is 22.3 Å². The lowest BCUT2D eigenvalue weighted by atomic mass is 10.0. The average molecular weight is 580 g/mol. The van der Waals surface area contributed by atoms with E-state index in [2.05, 4.69) is 4.72 Å². The van der Waals surface area contributed by atoms with Crippen LogP contribution in [-0.2, 0) is 22.4 Å². The van der Waals surface area contributed by atoms with E-state index in [1.807, 2.05) is 66.0 Å². The Labute approximate surface area is 234 Å². The van der Waals surface area contributed by atoms with Gasteiger partial charge in [-0.15, -0.1) is 22.7 Å². The zero-order chi connectivity index (χ0) is 26.5. The Bertz CT molecular complexity index is 1650. The molecule has 192 valence electrons. The molecule has 0 bridgehead atoms. The molecule has 38 heavy (non-hydrogen) atoms. The number of thiophene rings is 2. The number of ether oxygens (including phenoxy) is 1. The fourth-order valence-electron chi connectivity index (χ4n) is 3.91. The monoisotopic (exact) mass is 579 g/mol. The molecular formula is C29H22ClNO4S3. The normalized spacial score (nSPS) is 11.3. The molecule has 0 aliphatic heterocycles. The molecule has 0 saturated carbocycles. The van der Waals surface area contributed by atoms with Gasteiger partial charge in [-0.25, -0.2) is 13.1 Å². The van der Waals surface area contributed by atoms with Gasteiger partial charge in [0.1, 0.15) is 18.1 Å². The highest BCUT2D eigenvalue weighted by atomic mass is 35.5. The highest BCUT2D eigenvalue weighted by Gasteiger charge is 2.19. The van der Waals surface area contributed by atoms with Crippen molar-refractivity contribution in [2.45, 2.75) is 12.4 Å². The maximum absolute atomic E-state index is 12.6. The summed E-state index contributed by atoms with van der Waals surface area (Å²) in [6, 6.07) is 27.9. The first-order valence-electron chi connectivity index (χ1n) is 11.6. The number of sulfonamides is 1. The van der Waals surface area contributed by atoms with E-state index in [1.54, 1.807) is 47.0 Å². The van der Waals surface area contributed by atoms with Crippen LogP contribution >= 0.6 is 34.3 Å². The molecule has 2 heterocycles. The smallest absolute Gasteiger partial charge is 0.264 e. The van der Waals surface area contributed by atoms with Crippen LogP contribution in [0.2, 0.25) is 5.02 Å². The predicted molar refractivity (Wildman–Crippen MR) is 155 cm³/mol. The Balaban J connectivity index is 1.36. The second kappa shape index (κ2) is 11.5. The van der Waals surface area contributed by atoms with Gasteiger partial charge in [0.25, 0.3) is 5.91 Å². The third kappa shape index (κ3) is 6.34. The number of amides is 1. The van der Waals surface area contributed by atoms with Gasteiger partial charge < -0.3 is 4.74 Å². The fraction of sp³-hybridized carbons (Fsp3) is 0.0690. The van der Waals surface area contributed by atoms with Crippen LogP contribution in [0.5, 0.6) is 5.75 Å². The van der Waals surface area contributed by atoms with Gasteiger partial charge in [0.05, 0.1) is 0 Å². The molecule has 0 aliphatic carbocycles. The number of hydrogen-bond acceptors (Lipinski definition) is 6. The molecule has 5 rings (SSSR count). The molecule has 1 N–H and O–H groups in total. The molecule has 0 radical (unpaired) electrons. The zero-order valence-corrected chi connectivity index (χ0v) is 23.2. The molecule has 0 atom stereocenters. The standard InChI is InChI=1S/C29H22ClNO4S3/c30-23-12-13-27(35-18-20-5-2-1-3-6-20)26(17-23)25-14-16-37-28(25)21-8-10-22(11-9-21)29(32)31-38(33,34)19-24-7-4-15-36-24/h1-17H,18-19H2,(H,31,32). The Morgan fingerprint density at radius 2 is 1.63 bits per heavy atom. The van der Waals surface area contributed by atoms with Gasteiger partial charge in [-0.2, -0.15) is 0 Å². The Kier molecular flexibility index (Phi) is 7.95.